The molecule has 24 heavy (non-hydrogen) atoms. The van der Waals surface area contributed by atoms with Gasteiger partial charge in [0.15, 0.2) is 0 Å². The summed E-state index contributed by atoms with van der Waals surface area (Å²) in [4.78, 5) is 14.1. The molecule has 0 bridgehead atoms. The first-order valence-electron chi connectivity index (χ1n) is 9.04. The number of aromatic nitrogens is 2. The lowest BCUT2D eigenvalue weighted by molar-refractivity contribution is 0.0296. The second kappa shape index (κ2) is 7.30. The Bertz CT molecular complexity index is 610. The Morgan fingerprint density at radius 1 is 0.875 bits per heavy atom. The summed E-state index contributed by atoms with van der Waals surface area (Å²) >= 11 is 1.78. The lowest BCUT2D eigenvalue weighted by Gasteiger charge is -2.46. The summed E-state index contributed by atoms with van der Waals surface area (Å²) in [6, 6.07) is 6.22. The van der Waals surface area contributed by atoms with Gasteiger partial charge in [0, 0.05) is 24.3 Å². The van der Waals surface area contributed by atoms with Crippen LogP contribution in [0, 0.1) is 5.41 Å². The molecular formula is C19H26N4S. The quantitative estimate of drug-likeness (QED) is 0.852. The number of likely N-dealkylation sites (tertiary alicyclic amines) is 2. The van der Waals surface area contributed by atoms with Crippen molar-refractivity contribution in [1.82, 2.24) is 19.8 Å². The summed E-state index contributed by atoms with van der Waals surface area (Å²) in [5.74, 6) is 0. The average molecular weight is 343 g/mol. The van der Waals surface area contributed by atoms with Gasteiger partial charge in [-0.15, -0.1) is 11.3 Å². The number of hydrogen-bond donors (Lipinski definition) is 0. The van der Waals surface area contributed by atoms with Crippen molar-refractivity contribution in [2.75, 3.05) is 26.2 Å². The van der Waals surface area contributed by atoms with E-state index in [9.17, 15) is 0 Å². The maximum absolute atomic E-state index is 4.47. The molecule has 2 saturated heterocycles. The molecule has 4 rings (SSSR count). The van der Waals surface area contributed by atoms with Crippen LogP contribution in [0.25, 0.3) is 0 Å². The van der Waals surface area contributed by atoms with Crippen LogP contribution in [0.1, 0.15) is 36.4 Å². The van der Waals surface area contributed by atoms with Crippen LogP contribution in [0.3, 0.4) is 0 Å². The number of thiazole rings is 1. The van der Waals surface area contributed by atoms with E-state index >= 15 is 0 Å². The predicted octanol–water partition coefficient (Wildman–Crippen LogP) is 3.42. The zero-order valence-electron chi connectivity index (χ0n) is 14.2. The first kappa shape index (κ1) is 16.2. The van der Waals surface area contributed by atoms with Crippen molar-refractivity contribution in [3.63, 3.8) is 0 Å². The Hall–Kier alpha value is -1.30. The first-order chi connectivity index (χ1) is 11.8. The van der Waals surface area contributed by atoms with Gasteiger partial charge in [0.05, 0.1) is 12.2 Å². The number of nitrogens with zero attached hydrogens (tertiary/aromatic N) is 4. The molecule has 2 aliphatic rings. The molecule has 1 spiro atoms. The van der Waals surface area contributed by atoms with Crippen LogP contribution in [0.5, 0.6) is 0 Å². The average Bonchev–Trinajstić information content (AvgIpc) is 3.13. The molecule has 128 valence electrons. The lowest BCUT2D eigenvalue weighted by atomic mass is 9.71. The van der Waals surface area contributed by atoms with Gasteiger partial charge in [0.2, 0.25) is 0 Å². The Morgan fingerprint density at radius 3 is 2.17 bits per heavy atom. The van der Waals surface area contributed by atoms with Crippen LogP contribution in [0.4, 0.5) is 0 Å². The molecular weight excluding hydrogens is 316 g/mol. The van der Waals surface area contributed by atoms with Gasteiger partial charge in [-0.1, -0.05) is 6.07 Å². The molecule has 5 heteroatoms. The maximum atomic E-state index is 4.47. The molecule has 0 aliphatic carbocycles. The van der Waals surface area contributed by atoms with Gasteiger partial charge in [-0.05, 0) is 69.4 Å². The lowest BCUT2D eigenvalue weighted by Crippen LogP contribution is -2.46. The molecule has 2 aliphatic heterocycles. The van der Waals surface area contributed by atoms with Crippen molar-refractivity contribution >= 4 is 11.3 Å². The SMILES string of the molecule is c1ccc(CN2CCC3(CC2)CCN(Cc2nccs2)CC3)nc1. The van der Waals surface area contributed by atoms with Crippen LogP contribution >= 0.6 is 11.3 Å². The van der Waals surface area contributed by atoms with Gasteiger partial charge in [-0.2, -0.15) is 0 Å². The molecule has 2 aromatic rings. The third kappa shape index (κ3) is 3.85. The number of piperidine rings is 2. The highest BCUT2D eigenvalue weighted by atomic mass is 32.1. The minimum atomic E-state index is 0.597. The Labute approximate surface area is 148 Å². The highest BCUT2D eigenvalue weighted by Crippen LogP contribution is 2.41. The van der Waals surface area contributed by atoms with E-state index in [2.05, 4.69) is 37.3 Å². The second-order valence-electron chi connectivity index (χ2n) is 7.30. The van der Waals surface area contributed by atoms with Crippen LogP contribution in [-0.4, -0.2) is 45.9 Å². The molecule has 0 aromatic carbocycles. The molecule has 0 atom stereocenters. The van der Waals surface area contributed by atoms with Gasteiger partial charge in [-0.3, -0.25) is 14.8 Å². The predicted molar refractivity (Wildman–Crippen MR) is 97.8 cm³/mol. The highest BCUT2D eigenvalue weighted by Gasteiger charge is 2.37. The third-order valence-corrected chi connectivity index (χ3v) is 6.55. The molecule has 2 fully saturated rings. The van der Waals surface area contributed by atoms with Crippen molar-refractivity contribution in [2.24, 2.45) is 5.41 Å². The van der Waals surface area contributed by atoms with Gasteiger partial charge in [0.1, 0.15) is 5.01 Å². The molecule has 0 radical (unpaired) electrons. The zero-order valence-corrected chi connectivity index (χ0v) is 15.0. The summed E-state index contributed by atoms with van der Waals surface area (Å²) < 4.78 is 0. The third-order valence-electron chi connectivity index (χ3n) is 5.79. The summed E-state index contributed by atoms with van der Waals surface area (Å²) in [6.45, 7) is 6.97. The smallest absolute Gasteiger partial charge is 0.107 e. The van der Waals surface area contributed by atoms with Gasteiger partial charge < -0.3 is 0 Å². The van der Waals surface area contributed by atoms with Crippen molar-refractivity contribution in [1.29, 1.82) is 0 Å². The van der Waals surface area contributed by atoms with Crippen LogP contribution in [0.2, 0.25) is 0 Å². The summed E-state index contributed by atoms with van der Waals surface area (Å²) in [5, 5.41) is 3.34. The molecule has 4 heterocycles. The first-order valence-corrected chi connectivity index (χ1v) is 9.92. The molecule has 0 unspecified atom stereocenters. The van der Waals surface area contributed by atoms with Gasteiger partial charge >= 0.3 is 0 Å². The van der Waals surface area contributed by atoms with Crippen molar-refractivity contribution in [3.8, 4) is 0 Å². The number of hydrogen-bond acceptors (Lipinski definition) is 5. The fourth-order valence-electron chi connectivity index (χ4n) is 4.11. The topological polar surface area (TPSA) is 32.3 Å². The number of rotatable bonds is 4. The fourth-order valence-corrected chi connectivity index (χ4v) is 4.77. The minimum Gasteiger partial charge on any atom is -0.297 e. The fraction of sp³-hybridized carbons (Fsp3) is 0.579. The van der Waals surface area contributed by atoms with Gasteiger partial charge in [-0.25, -0.2) is 4.98 Å². The Morgan fingerprint density at radius 2 is 1.58 bits per heavy atom. The summed E-state index contributed by atoms with van der Waals surface area (Å²) in [6.07, 6.45) is 9.24. The Kier molecular flexibility index (Phi) is 4.92. The molecule has 2 aromatic heterocycles. The van der Waals surface area contributed by atoms with E-state index in [1.54, 1.807) is 11.3 Å². The standard InChI is InChI=1S/C19H26N4S/c1-2-8-20-17(3-1)15-22-10-4-19(5-11-22)6-12-23(13-7-19)16-18-21-9-14-24-18/h1-3,8-9,14H,4-7,10-13,15-16H2. The van der Waals surface area contributed by atoms with E-state index < -0.39 is 0 Å². The molecule has 4 nitrogen and oxygen atoms in total. The van der Waals surface area contributed by atoms with E-state index in [1.165, 1.54) is 62.6 Å². The minimum absolute atomic E-state index is 0.597. The Balaban J connectivity index is 1.25. The maximum Gasteiger partial charge on any atom is 0.107 e. The van der Waals surface area contributed by atoms with Crippen molar-refractivity contribution in [3.05, 3.63) is 46.7 Å². The van der Waals surface area contributed by atoms with Crippen LogP contribution < -0.4 is 0 Å². The molecule has 0 saturated carbocycles. The largest absolute Gasteiger partial charge is 0.297 e. The van der Waals surface area contributed by atoms with Gasteiger partial charge in [0.25, 0.3) is 0 Å². The van der Waals surface area contributed by atoms with Crippen LogP contribution in [0.15, 0.2) is 36.0 Å². The van der Waals surface area contributed by atoms with Crippen LogP contribution in [-0.2, 0) is 13.1 Å². The second-order valence-corrected chi connectivity index (χ2v) is 8.28. The van der Waals surface area contributed by atoms with Crippen molar-refractivity contribution < 1.29 is 0 Å². The normalized spacial score (nSPS) is 22.0. The number of pyridine rings is 1. The van der Waals surface area contributed by atoms with E-state index in [0.29, 0.717) is 5.41 Å². The van der Waals surface area contributed by atoms with E-state index in [1.807, 2.05) is 18.5 Å². The van der Waals surface area contributed by atoms with E-state index in [0.717, 1.165) is 13.1 Å². The summed E-state index contributed by atoms with van der Waals surface area (Å²) in [7, 11) is 0. The molecule has 0 amide bonds. The summed E-state index contributed by atoms with van der Waals surface area (Å²) in [5.41, 5.74) is 1.80. The van der Waals surface area contributed by atoms with Crippen molar-refractivity contribution in [2.45, 2.75) is 38.8 Å². The highest BCUT2D eigenvalue weighted by molar-refractivity contribution is 7.09. The van der Waals surface area contributed by atoms with E-state index in [4.69, 9.17) is 0 Å². The molecule has 0 N–H and O–H groups in total. The monoisotopic (exact) mass is 342 g/mol. The zero-order chi connectivity index (χ0) is 16.2. The van der Waals surface area contributed by atoms with E-state index in [-0.39, 0.29) is 0 Å².